The molecule has 2 amide bonds. The van der Waals surface area contributed by atoms with E-state index in [-0.39, 0.29) is 12.5 Å². The molecule has 1 aromatic carbocycles. The van der Waals surface area contributed by atoms with Gasteiger partial charge >= 0.3 is 5.69 Å². The lowest BCUT2D eigenvalue weighted by Crippen LogP contribution is -2.49. The normalized spacial score (nSPS) is 15.3. The van der Waals surface area contributed by atoms with Crippen LogP contribution in [0.3, 0.4) is 0 Å². The van der Waals surface area contributed by atoms with Crippen molar-refractivity contribution < 1.29 is 14.0 Å². The molecule has 1 aliphatic rings. The Labute approximate surface area is 124 Å². The number of nitrogens with zero attached hydrogens (tertiary/aromatic N) is 3. The molecule has 0 aliphatic carbocycles. The SMILES string of the molecule is O=CN1CCN(C(=O)Cn2c(=O)[nH]c3cc(F)ccc32)CC1. The molecular weight excluding hydrogens is 291 g/mol. The van der Waals surface area contributed by atoms with Gasteiger partial charge in [-0.05, 0) is 18.2 Å². The fraction of sp³-hybridized carbons (Fsp3) is 0.357. The van der Waals surface area contributed by atoms with E-state index in [9.17, 15) is 18.8 Å². The number of amides is 2. The van der Waals surface area contributed by atoms with Crippen LogP contribution >= 0.6 is 0 Å². The molecule has 1 fully saturated rings. The van der Waals surface area contributed by atoms with Gasteiger partial charge in [0.25, 0.3) is 0 Å². The van der Waals surface area contributed by atoms with Crippen molar-refractivity contribution in [1.82, 2.24) is 19.4 Å². The molecule has 1 N–H and O–H groups in total. The van der Waals surface area contributed by atoms with Crippen molar-refractivity contribution in [2.45, 2.75) is 6.54 Å². The van der Waals surface area contributed by atoms with Gasteiger partial charge in [-0.3, -0.25) is 14.2 Å². The highest BCUT2D eigenvalue weighted by molar-refractivity contribution is 5.80. The number of imidazole rings is 1. The van der Waals surface area contributed by atoms with Gasteiger partial charge in [0.05, 0.1) is 11.0 Å². The highest BCUT2D eigenvalue weighted by Gasteiger charge is 2.21. The van der Waals surface area contributed by atoms with Crippen molar-refractivity contribution in [2.75, 3.05) is 26.2 Å². The van der Waals surface area contributed by atoms with Gasteiger partial charge in [0.1, 0.15) is 12.4 Å². The van der Waals surface area contributed by atoms with E-state index < -0.39 is 11.5 Å². The molecule has 0 atom stereocenters. The molecule has 2 heterocycles. The van der Waals surface area contributed by atoms with Crippen LogP contribution in [0.5, 0.6) is 0 Å². The highest BCUT2D eigenvalue weighted by Crippen LogP contribution is 2.12. The lowest BCUT2D eigenvalue weighted by molar-refractivity contribution is -0.135. The van der Waals surface area contributed by atoms with E-state index in [1.807, 2.05) is 0 Å². The van der Waals surface area contributed by atoms with Crippen LogP contribution in [0.2, 0.25) is 0 Å². The van der Waals surface area contributed by atoms with Crippen molar-refractivity contribution >= 4 is 23.4 Å². The Hall–Kier alpha value is -2.64. The van der Waals surface area contributed by atoms with Crippen LogP contribution < -0.4 is 5.69 Å². The molecule has 0 bridgehead atoms. The number of carbonyl (C=O) groups excluding carboxylic acids is 2. The number of fused-ring (bicyclic) bond motifs is 1. The van der Waals surface area contributed by atoms with E-state index >= 15 is 0 Å². The third kappa shape index (κ3) is 2.59. The van der Waals surface area contributed by atoms with Gasteiger partial charge in [-0.1, -0.05) is 0 Å². The Bertz CT molecular complexity index is 774. The summed E-state index contributed by atoms with van der Waals surface area (Å²) in [5, 5.41) is 0. The second kappa shape index (κ2) is 5.63. The number of aromatic amines is 1. The van der Waals surface area contributed by atoms with E-state index in [1.165, 1.54) is 22.8 Å². The summed E-state index contributed by atoms with van der Waals surface area (Å²) >= 11 is 0. The highest BCUT2D eigenvalue weighted by atomic mass is 19.1. The molecule has 1 aliphatic heterocycles. The van der Waals surface area contributed by atoms with E-state index in [1.54, 1.807) is 9.80 Å². The van der Waals surface area contributed by atoms with Crippen molar-refractivity contribution in [1.29, 1.82) is 0 Å². The van der Waals surface area contributed by atoms with Crippen molar-refractivity contribution in [3.63, 3.8) is 0 Å². The molecule has 1 saturated heterocycles. The molecule has 0 unspecified atom stereocenters. The first kappa shape index (κ1) is 14.3. The first-order valence-electron chi connectivity index (χ1n) is 6.93. The van der Waals surface area contributed by atoms with Gasteiger partial charge in [-0.2, -0.15) is 0 Å². The standard InChI is InChI=1S/C14H15FN4O3/c15-10-1-2-12-11(7-10)16-14(22)19(12)8-13(21)18-5-3-17(9-20)4-6-18/h1-2,7,9H,3-6,8H2,(H,16,22). The van der Waals surface area contributed by atoms with Crippen LogP contribution in [0.1, 0.15) is 0 Å². The summed E-state index contributed by atoms with van der Waals surface area (Å²) in [6.07, 6.45) is 0.764. The molecule has 7 nitrogen and oxygen atoms in total. The van der Waals surface area contributed by atoms with Crippen LogP contribution in [0, 0.1) is 5.82 Å². The molecule has 0 spiro atoms. The maximum Gasteiger partial charge on any atom is 0.326 e. The number of aromatic nitrogens is 2. The second-order valence-electron chi connectivity index (χ2n) is 5.20. The quantitative estimate of drug-likeness (QED) is 0.796. The summed E-state index contributed by atoms with van der Waals surface area (Å²) in [6, 6.07) is 3.94. The van der Waals surface area contributed by atoms with Gasteiger partial charge in [0.2, 0.25) is 12.3 Å². The van der Waals surface area contributed by atoms with E-state index in [0.29, 0.717) is 37.2 Å². The number of hydrogen-bond donors (Lipinski definition) is 1. The fourth-order valence-electron chi connectivity index (χ4n) is 2.60. The summed E-state index contributed by atoms with van der Waals surface area (Å²) in [5.74, 6) is -0.643. The number of hydrogen-bond acceptors (Lipinski definition) is 3. The van der Waals surface area contributed by atoms with Crippen molar-refractivity contribution in [3.05, 3.63) is 34.5 Å². The van der Waals surface area contributed by atoms with E-state index in [2.05, 4.69) is 4.98 Å². The zero-order chi connectivity index (χ0) is 15.7. The maximum atomic E-state index is 13.2. The minimum atomic E-state index is -0.447. The van der Waals surface area contributed by atoms with Crippen LogP contribution in [-0.2, 0) is 16.1 Å². The number of benzene rings is 1. The molecular formula is C14H15FN4O3. The fourth-order valence-corrected chi connectivity index (χ4v) is 2.60. The monoisotopic (exact) mass is 306 g/mol. The summed E-state index contributed by atoms with van der Waals surface area (Å²) < 4.78 is 14.5. The number of H-pyrrole nitrogens is 1. The molecule has 0 radical (unpaired) electrons. The zero-order valence-corrected chi connectivity index (χ0v) is 11.8. The molecule has 22 heavy (non-hydrogen) atoms. The van der Waals surface area contributed by atoms with Gasteiger partial charge in [-0.25, -0.2) is 9.18 Å². The Kier molecular flexibility index (Phi) is 3.66. The van der Waals surface area contributed by atoms with Gasteiger partial charge in [0, 0.05) is 26.2 Å². The minimum Gasteiger partial charge on any atom is -0.342 e. The number of carbonyl (C=O) groups is 2. The van der Waals surface area contributed by atoms with Crippen LogP contribution in [0.25, 0.3) is 11.0 Å². The largest absolute Gasteiger partial charge is 0.342 e. The topological polar surface area (TPSA) is 78.4 Å². The first-order valence-corrected chi connectivity index (χ1v) is 6.93. The number of rotatable bonds is 3. The Morgan fingerprint density at radius 2 is 2.00 bits per heavy atom. The van der Waals surface area contributed by atoms with Gasteiger partial charge < -0.3 is 14.8 Å². The summed E-state index contributed by atoms with van der Waals surface area (Å²) in [6.45, 7) is 1.77. The van der Waals surface area contributed by atoms with Crippen LogP contribution in [0.4, 0.5) is 4.39 Å². The second-order valence-corrected chi connectivity index (χ2v) is 5.20. The molecule has 8 heteroatoms. The summed E-state index contributed by atoms with van der Waals surface area (Å²) in [5.41, 5.74) is 0.412. The van der Waals surface area contributed by atoms with Crippen LogP contribution in [0.15, 0.2) is 23.0 Å². The molecule has 1 aromatic heterocycles. The average molecular weight is 306 g/mol. The van der Waals surface area contributed by atoms with E-state index in [0.717, 1.165) is 6.41 Å². The van der Waals surface area contributed by atoms with Crippen LogP contribution in [-0.4, -0.2) is 57.8 Å². The Balaban J connectivity index is 1.78. The number of piperazine rings is 1. The molecule has 116 valence electrons. The summed E-state index contributed by atoms with van der Waals surface area (Å²) in [4.78, 5) is 40.6. The summed E-state index contributed by atoms with van der Waals surface area (Å²) in [7, 11) is 0. The first-order chi connectivity index (χ1) is 10.6. The average Bonchev–Trinajstić information content (AvgIpc) is 2.82. The lowest BCUT2D eigenvalue weighted by atomic mass is 10.3. The zero-order valence-electron chi connectivity index (χ0n) is 11.8. The van der Waals surface area contributed by atoms with Gasteiger partial charge in [-0.15, -0.1) is 0 Å². The Morgan fingerprint density at radius 1 is 1.27 bits per heavy atom. The number of halogens is 1. The Morgan fingerprint density at radius 3 is 2.68 bits per heavy atom. The van der Waals surface area contributed by atoms with E-state index in [4.69, 9.17) is 0 Å². The third-order valence-corrected chi connectivity index (χ3v) is 3.85. The predicted molar refractivity (Wildman–Crippen MR) is 76.7 cm³/mol. The molecule has 3 rings (SSSR count). The van der Waals surface area contributed by atoms with Crippen molar-refractivity contribution in [2.24, 2.45) is 0 Å². The molecule has 2 aromatic rings. The number of nitrogens with one attached hydrogen (secondary N) is 1. The maximum absolute atomic E-state index is 13.2. The third-order valence-electron chi connectivity index (χ3n) is 3.85. The van der Waals surface area contributed by atoms with Crippen molar-refractivity contribution in [3.8, 4) is 0 Å². The van der Waals surface area contributed by atoms with Gasteiger partial charge in [0.15, 0.2) is 0 Å². The molecule has 0 saturated carbocycles. The smallest absolute Gasteiger partial charge is 0.326 e. The predicted octanol–water partition coefficient (Wildman–Crippen LogP) is -0.231. The lowest BCUT2D eigenvalue weighted by Gasteiger charge is -2.32. The minimum absolute atomic E-state index is 0.106.